The first-order chi connectivity index (χ1) is 7.18. The van der Waals surface area contributed by atoms with Gasteiger partial charge in [0.1, 0.15) is 5.41 Å². The van der Waals surface area contributed by atoms with Gasteiger partial charge in [-0.1, -0.05) is 6.92 Å². The molecule has 0 bridgehead atoms. The maximum Gasteiger partial charge on any atom is 0.243 e. The fourth-order valence-electron chi connectivity index (χ4n) is 2.51. The van der Waals surface area contributed by atoms with Crippen LogP contribution in [-0.4, -0.2) is 37.1 Å². The first-order valence-electron chi connectivity index (χ1n) is 5.46. The number of nitrogens with zero attached hydrogens (tertiary/aromatic N) is 2. The van der Waals surface area contributed by atoms with Crippen molar-refractivity contribution in [1.29, 1.82) is 5.26 Å². The Morgan fingerprint density at radius 1 is 1.47 bits per heavy atom. The van der Waals surface area contributed by atoms with Gasteiger partial charge in [0.2, 0.25) is 5.91 Å². The number of morpholine rings is 1. The van der Waals surface area contributed by atoms with Crippen LogP contribution in [0.15, 0.2) is 0 Å². The zero-order valence-electron chi connectivity index (χ0n) is 9.03. The third-order valence-corrected chi connectivity index (χ3v) is 3.32. The summed E-state index contributed by atoms with van der Waals surface area (Å²) < 4.78 is 5.19. The molecular formula is C11H16N2O2. The molecule has 4 heteroatoms. The highest BCUT2D eigenvalue weighted by Crippen LogP contribution is 2.46. The lowest BCUT2D eigenvalue weighted by molar-refractivity contribution is -0.149. The summed E-state index contributed by atoms with van der Waals surface area (Å²) in [5.74, 6) is 0.529. The van der Waals surface area contributed by atoms with Crippen LogP contribution in [0, 0.1) is 22.7 Å². The Bertz CT molecular complexity index is 296. The van der Waals surface area contributed by atoms with Crippen LogP contribution in [0.1, 0.15) is 19.8 Å². The summed E-state index contributed by atoms with van der Waals surface area (Å²) in [5.41, 5.74) is -0.712. The molecule has 0 unspecified atom stereocenters. The topological polar surface area (TPSA) is 53.3 Å². The van der Waals surface area contributed by atoms with Gasteiger partial charge in [-0.25, -0.2) is 0 Å². The van der Waals surface area contributed by atoms with Crippen molar-refractivity contribution in [2.24, 2.45) is 11.3 Å². The number of carbonyl (C=O) groups excluding carboxylic acids is 1. The van der Waals surface area contributed by atoms with Crippen LogP contribution in [0.5, 0.6) is 0 Å². The summed E-state index contributed by atoms with van der Waals surface area (Å²) in [4.78, 5) is 13.9. The fraction of sp³-hybridized carbons (Fsp3) is 0.818. The number of nitriles is 1. The van der Waals surface area contributed by atoms with E-state index in [9.17, 15) is 4.79 Å². The van der Waals surface area contributed by atoms with Crippen molar-refractivity contribution in [2.75, 3.05) is 26.3 Å². The molecule has 0 N–H and O–H groups in total. The summed E-state index contributed by atoms with van der Waals surface area (Å²) in [6.45, 7) is 4.56. The number of carbonyl (C=O) groups is 1. The van der Waals surface area contributed by atoms with Gasteiger partial charge in [-0.3, -0.25) is 4.79 Å². The third kappa shape index (κ3) is 1.72. The average molecular weight is 208 g/mol. The Labute approximate surface area is 89.8 Å². The molecule has 1 aliphatic heterocycles. The lowest BCUT2D eigenvalue weighted by atomic mass is 9.62. The quantitative estimate of drug-likeness (QED) is 0.640. The molecule has 1 aliphatic carbocycles. The standard InChI is InChI=1S/C11H16N2O2/c1-9-6-11(7-9,8-12)10(14)13-2-4-15-5-3-13/h9H,2-7H2,1H3. The van der Waals surface area contributed by atoms with Gasteiger partial charge in [-0.15, -0.1) is 0 Å². The van der Waals surface area contributed by atoms with E-state index in [1.807, 2.05) is 0 Å². The Morgan fingerprint density at radius 2 is 2.07 bits per heavy atom. The van der Waals surface area contributed by atoms with Gasteiger partial charge in [-0.2, -0.15) is 5.26 Å². The molecule has 2 fully saturated rings. The van der Waals surface area contributed by atoms with Crippen LogP contribution in [0.3, 0.4) is 0 Å². The Kier molecular flexibility index (Phi) is 2.66. The van der Waals surface area contributed by atoms with E-state index >= 15 is 0 Å². The van der Waals surface area contributed by atoms with Gasteiger partial charge in [0.25, 0.3) is 0 Å². The van der Waals surface area contributed by atoms with E-state index < -0.39 is 5.41 Å². The van der Waals surface area contributed by atoms with E-state index in [1.54, 1.807) is 4.90 Å². The largest absolute Gasteiger partial charge is 0.378 e. The van der Waals surface area contributed by atoms with Crippen molar-refractivity contribution >= 4 is 5.91 Å². The molecule has 15 heavy (non-hydrogen) atoms. The van der Waals surface area contributed by atoms with Crippen molar-refractivity contribution in [3.8, 4) is 6.07 Å². The number of amides is 1. The second-order valence-corrected chi connectivity index (χ2v) is 4.61. The van der Waals surface area contributed by atoms with Gasteiger partial charge in [-0.05, 0) is 18.8 Å². The third-order valence-electron chi connectivity index (χ3n) is 3.32. The minimum Gasteiger partial charge on any atom is -0.378 e. The predicted octanol–water partition coefficient (Wildman–Crippen LogP) is 0.785. The molecule has 1 heterocycles. The van der Waals surface area contributed by atoms with Crippen LogP contribution in [0.2, 0.25) is 0 Å². The van der Waals surface area contributed by atoms with Gasteiger partial charge in [0.05, 0.1) is 19.3 Å². The fourth-order valence-corrected chi connectivity index (χ4v) is 2.51. The molecule has 0 aromatic heterocycles. The average Bonchev–Trinajstić information content (AvgIpc) is 2.25. The molecule has 2 rings (SSSR count). The molecule has 4 nitrogen and oxygen atoms in total. The zero-order chi connectivity index (χ0) is 10.9. The Morgan fingerprint density at radius 3 is 2.53 bits per heavy atom. The maximum absolute atomic E-state index is 12.1. The van der Waals surface area contributed by atoms with Gasteiger partial charge < -0.3 is 9.64 Å². The van der Waals surface area contributed by atoms with Crippen molar-refractivity contribution in [3.63, 3.8) is 0 Å². The van der Waals surface area contributed by atoms with Crippen LogP contribution >= 0.6 is 0 Å². The number of hydrogen-bond donors (Lipinski definition) is 0. The number of hydrogen-bond acceptors (Lipinski definition) is 3. The first-order valence-corrected chi connectivity index (χ1v) is 5.46. The number of ether oxygens (including phenoxy) is 1. The molecule has 1 amide bonds. The summed E-state index contributed by atoms with van der Waals surface area (Å²) in [7, 11) is 0. The normalized spacial score (nSPS) is 35.5. The molecule has 0 aromatic rings. The monoisotopic (exact) mass is 208 g/mol. The molecular weight excluding hydrogens is 192 g/mol. The lowest BCUT2D eigenvalue weighted by Gasteiger charge is -2.43. The molecule has 0 radical (unpaired) electrons. The van der Waals surface area contributed by atoms with Crippen LogP contribution in [-0.2, 0) is 9.53 Å². The van der Waals surface area contributed by atoms with Gasteiger partial charge in [0.15, 0.2) is 0 Å². The Hall–Kier alpha value is -1.08. The van der Waals surface area contributed by atoms with E-state index in [4.69, 9.17) is 10.00 Å². The molecule has 2 aliphatic rings. The van der Waals surface area contributed by atoms with Crippen molar-refractivity contribution in [2.45, 2.75) is 19.8 Å². The highest BCUT2D eigenvalue weighted by atomic mass is 16.5. The van der Waals surface area contributed by atoms with Gasteiger partial charge in [0, 0.05) is 13.1 Å². The van der Waals surface area contributed by atoms with Crippen molar-refractivity contribution in [1.82, 2.24) is 4.90 Å². The van der Waals surface area contributed by atoms with Gasteiger partial charge >= 0.3 is 0 Å². The molecule has 1 saturated heterocycles. The number of rotatable bonds is 1. The highest BCUT2D eigenvalue weighted by Gasteiger charge is 2.50. The second kappa shape index (κ2) is 3.82. The summed E-state index contributed by atoms with van der Waals surface area (Å²) in [6, 6.07) is 2.21. The van der Waals surface area contributed by atoms with Crippen LogP contribution in [0.25, 0.3) is 0 Å². The second-order valence-electron chi connectivity index (χ2n) is 4.61. The van der Waals surface area contributed by atoms with Crippen molar-refractivity contribution in [3.05, 3.63) is 0 Å². The predicted molar refractivity (Wildman–Crippen MR) is 53.8 cm³/mol. The molecule has 0 aromatic carbocycles. The van der Waals surface area contributed by atoms with E-state index in [2.05, 4.69) is 13.0 Å². The molecule has 1 saturated carbocycles. The molecule has 0 spiro atoms. The SMILES string of the molecule is CC1CC(C#N)(C(=O)N2CCOCC2)C1. The zero-order valence-corrected chi connectivity index (χ0v) is 9.03. The van der Waals surface area contributed by atoms with E-state index in [-0.39, 0.29) is 5.91 Å². The minimum atomic E-state index is -0.712. The van der Waals surface area contributed by atoms with E-state index in [1.165, 1.54) is 0 Å². The van der Waals surface area contributed by atoms with E-state index in [0.717, 1.165) is 12.8 Å². The smallest absolute Gasteiger partial charge is 0.243 e. The molecule has 82 valence electrons. The minimum absolute atomic E-state index is 0.0198. The Balaban J connectivity index is 2.03. The van der Waals surface area contributed by atoms with Crippen LogP contribution < -0.4 is 0 Å². The maximum atomic E-state index is 12.1. The summed E-state index contributed by atoms with van der Waals surface area (Å²) in [6.07, 6.45) is 1.44. The lowest BCUT2D eigenvalue weighted by Crippen LogP contribution is -2.53. The molecule has 0 atom stereocenters. The summed E-state index contributed by atoms with van der Waals surface area (Å²) >= 11 is 0. The summed E-state index contributed by atoms with van der Waals surface area (Å²) in [5, 5.41) is 9.13. The van der Waals surface area contributed by atoms with Crippen molar-refractivity contribution < 1.29 is 9.53 Å². The van der Waals surface area contributed by atoms with E-state index in [0.29, 0.717) is 32.2 Å². The van der Waals surface area contributed by atoms with Crippen LogP contribution in [0.4, 0.5) is 0 Å². The first kappa shape index (κ1) is 10.4. The highest BCUT2D eigenvalue weighted by molar-refractivity contribution is 5.86.